The number of rotatable bonds is 7. The Morgan fingerprint density at radius 3 is 2.43 bits per heavy atom. The van der Waals surface area contributed by atoms with Gasteiger partial charge >= 0.3 is 0 Å². The summed E-state index contributed by atoms with van der Waals surface area (Å²) in [5.41, 5.74) is 6.93. The van der Waals surface area contributed by atoms with Gasteiger partial charge in [0.05, 0.1) is 12.2 Å². The fraction of sp³-hybridized carbons (Fsp3) is 0.360. The minimum absolute atomic E-state index is 0.0606. The van der Waals surface area contributed by atoms with Gasteiger partial charge in [-0.15, -0.1) is 0 Å². The molecule has 0 aliphatic heterocycles. The summed E-state index contributed by atoms with van der Waals surface area (Å²) in [5, 5.41) is 3.71. The molecule has 1 fully saturated rings. The molecule has 0 amide bonds. The Morgan fingerprint density at radius 2 is 1.89 bits per heavy atom. The summed E-state index contributed by atoms with van der Waals surface area (Å²) in [5.74, 6) is -1.67. The number of aromatic nitrogens is 2. The van der Waals surface area contributed by atoms with E-state index in [0.29, 0.717) is 6.42 Å². The van der Waals surface area contributed by atoms with Crippen LogP contribution in [0.3, 0.4) is 0 Å². The third-order valence-corrected chi connectivity index (χ3v) is 6.65. The van der Waals surface area contributed by atoms with E-state index in [1.54, 1.807) is 0 Å². The number of aldehydes is 1. The van der Waals surface area contributed by atoms with E-state index < -0.39 is 11.6 Å². The van der Waals surface area contributed by atoms with Crippen LogP contribution in [-0.2, 0) is 10.2 Å². The Hall–Kier alpha value is -3.24. The molecule has 0 radical (unpaired) electrons. The molecule has 0 spiro atoms. The average molecular weight is 505 g/mol. The van der Waals surface area contributed by atoms with Crippen molar-refractivity contribution in [3.63, 3.8) is 0 Å². The number of anilines is 1. The lowest BCUT2D eigenvalue weighted by atomic mass is 9.66. The fourth-order valence-electron chi connectivity index (χ4n) is 4.05. The maximum Gasteiger partial charge on any atom is 0.202 e. The first-order valence-electron chi connectivity index (χ1n) is 11.1. The van der Waals surface area contributed by atoms with E-state index in [0.717, 1.165) is 42.9 Å². The summed E-state index contributed by atoms with van der Waals surface area (Å²) in [6.45, 7) is 2.26. The van der Waals surface area contributed by atoms with Crippen molar-refractivity contribution >= 4 is 29.7 Å². The summed E-state index contributed by atoms with van der Waals surface area (Å²) in [7, 11) is 1.82. The first-order chi connectivity index (χ1) is 17.0. The van der Waals surface area contributed by atoms with Gasteiger partial charge in [-0.3, -0.25) is 4.79 Å². The Balaban J connectivity index is 0.000000407. The van der Waals surface area contributed by atoms with Crippen LogP contribution in [0.4, 0.5) is 13.9 Å². The van der Waals surface area contributed by atoms with Gasteiger partial charge in [0.2, 0.25) is 5.13 Å². The second-order valence-electron chi connectivity index (χ2n) is 8.00. The van der Waals surface area contributed by atoms with Crippen LogP contribution in [0.2, 0.25) is 0 Å². The first-order valence-corrected chi connectivity index (χ1v) is 11.9. The number of nitrogens with one attached hydrogen (secondary N) is 1. The molecule has 1 saturated carbocycles. The molecule has 10 heteroatoms. The number of benzene rings is 2. The van der Waals surface area contributed by atoms with E-state index in [4.69, 9.17) is 15.3 Å². The summed E-state index contributed by atoms with van der Waals surface area (Å²) in [6, 6.07) is 12.2. The topological polar surface area (TPSA) is 107 Å². The average Bonchev–Trinajstić information content (AvgIpc) is 3.43. The van der Waals surface area contributed by atoms with Crippen LogP contribution in [0.5, 0.6) is 5.75 Å². The van der Waals surface area contributed by atoms with Crippen molar-refractivity contribution in [1.82, 2.24) is 9.36 Å². The summed E-state index contributed by atoms with van der Waals surface area (Å²) in [6.07, 6.45) is 6.28. The van der Waals surface area contributed by atoms with Crippen molar-refractivity contribution in [3.05, 3.63) is 71.6 Å². The molecular weight excluding hydrogens is 474 g/mol. The molecule has 0 bridgehead atoms. The van der Waals surface area contributed by atoms with E-state index in [1.165, 1.54) is 23.4 Å². The molecule has 7 nitrogen and oxygen atoms in total. The van der Waals surface area contributed by atoms with Crippen LogP contribution in [0.25, 0.3) is 0 Å². The second kappa shape index (κ2) is 14.2. The number of nitrogens with two attached hydrogens (primary N) is 1. The second-order valence-corrected chi connectivity index (χ2v) is 8.78. The monoisotopic (exact) mass is 504 g/mol. The number of halogens is 2. The van der Waals surface area contributed by atoms with Crippen LogP contribution < -0.4 is 15.8 Å². The smallest absolute Gasteiger partial charge is 0.202 e. The molecule has 0 saturated heterocycles. The van der Waals surface area contributed by atoms with E-state index in [-0.39, 0.29) is 35.7 Å². The van der Waals surface area contributed by atoms with Crippen molar-refractivity contribution in [2.75, 3.05) is 19.0 Å². The number of carbonyl (C=O) groups excluding carboxylic acids is 2. The predicted octanol–water partition coefficient (Wildman–Crippen LogP) is 4.78. The van der Waals surface area contributed by atoms with Gasteiger partial charge < -0.3 is 20.6 Å². The van der Waals surface area contributed by atoms with E-state index >= 15 is 0 Å². The van der Waals surface area contributed by atoms with Gasteiger partial charge in [-0.1, -0.05) is 30.3 Å². The summed E-state index contributed by atoms with van der Waals surface area (Å²) in [4.78, 5) is 22.5. The van der Waals surface area contributed by atoms with Crippen LogP contribution in [0, 0.1) is 11.6 Å². The minimum atomic E-state index is -0.780. The van der Waals surface area contributed by atoms with E-state index in [1.807, 2.05) is 32.0 Å². The lowest BCUT2D eigenvalue weighted by Crippen LogP contribution is -2.38. The van der Waals surface area contributed by atoms with Crippen molar-refractivity contribution in [2.45, 2.75) is 43.6 Å². The van der Waals surface area contributed by atoms with Crippen LogP contribution in [0.15, 0.2) is 48.8 Å². The molecule has 1 aliphatic carbocycles. The molecule has 0 unspecified atom stereocenters. The predicted molar refractivity (Wildman–Crippen MR) is 133 cm³/mol. The molecule has 35 heavy (non-hydrogen) atoms. The zero-order valence-corrected chi connectivity index (χ0v) is 20.4. The minimum Gasteiger partial charge on any atom is -0.490 e. The molecule has 3 N–H and O–H groups in total. The quantitative estimate of drug-likeness (QED) is 0.446. The van der Waals surface area contributed by atoms with Gasteiger partial charge in [0.1, 0.15) is 18.9 Å². The van der Waals surface area contributed by atoms with Crippen LogP contribution in [0.1, 0.15) is 48.0 Å². The van der Waals surface area contributed by atoms with Gasteiger partial charge in [0.15, 0.2) is 17.9 Å². The van der Waals surface area contributed by atoms with Crippen molar-refractivity contribution in [2.24, 2.45) is 5.73 Å². The zero-order chi connectivity index (χ0) is 25.7. The molecule has 188 valence electrons. The number of nitrogens with zero attached hydrogens (tertiary/aromatic N) is 2. The molecule has 0 atom stereocenters. The molecular formula is C25H30F2N4O3S. The SMILES string of the molecule is C=O.CNc1ncns1.NC1CCC(CCOc2cc(F)c(C=O)cc2F)(c2ccccc2)CC1. The third kappa shape index (κ3) is 7.90. The van der Waals surface area contributed by atoms with E-state index in [2.05, 4.69) is 26.8 Å². The summed E-state index contributed by atoms with van der Waals surface area (Å²) < 4.78 is 37.0. The van der Waals surface area contributed by atoms with Crippen molar-refractivity contribution in [3.8, 4) is 5.75 Å². The van der Waals surface area contributed by atoms with Crippen molar-refractivity contribution < 1.29 is 23.1 Å². The summed E-state index contributed by atoms with van der Waals surface area (Å²) >= 11 is 1.35. The molecule has 1 aliphatic rings. The largest absolute Gasteiger partial charge is 0.490 e. The van der Waals surface area contributed by atoms with Crippen LogP contribution >= 0.6 is 11.5 Å². The number of ether oxygens (including phenoxy) is 1. The molecule has 4 rings (SSSR count). The Morgan fingerprint density at radius 1 is 1.20 bits per heavy atom. The molecule has 3 aromatic rings. The maximum absolute atomic E-state index is 14.0. The van der Waals surface area contributed by atoms with Gasteiger partial charge in [-0.05, 0) is 49.1 Å². The number of hydrogen-bond donors (Lipinski definition) is 2. The number of carbonyl (C=O) groups is 2. The zero-order valence-electron chi connectivity index (χ0n) is 19.6. The Bertz CT molecular complexity index is 1030. The third-order valence-electron chi connectivity index (χ3n) is 5.97. The van der Waals surface area contributed by atoms with Gasteiger partial charge in [0.25, 0.3) is 0 Å². The highest BCUT2D eigenvalue weighted by Crippen LogP contribution is 2.42. The molecule has 1 aromatic heterocycles. The Labute approximate surface area is 207 Å². The first kappa shape index (κ1) is 28.0. The van der Waals surface area contributed by atoms with E-state index in [9.17, 15) is 13.6 Å². The standard InChI is InChI=1S/C21H23F2NO2.C3H5N3S.CH2O/c22-18-13-20(19(23)12-15(18)14-25)26-11-10-21(8-6-17(24)7-9-21)16-4-2-1-3-5-16;1-4-3-5-2-6-7-3;1-2/h1-5,12-14,17H,6-11,24H2;2H,1H3,(H,4,5,6);1H2. The highest BCUT2D eigenvalue weighted by Gasteiger charge is 2.35. The molecule has 1 heterocycles. The van der Waals surface area contributed by atoms with Crippen LogP contribution in [-0.4, -0.2) is 42.1 Å². The van der Waals surface area contributed by atoms with Gasteiger partial charge in [0, 0.05) is 30.7 Å². The Kier molecular flexibility index (Phi) is 11.4. The molecule has 2 aromatic carbocycles. The normalized spacial score (nSPS) is 18.8. The van der Waals surface area contributed by atoms with Gasteiger partial charge in [-0.25, -0.2) is 13.8 Å². The lowest BCUT2D eigenvalue weighted by Gasteiger charge is -2.40. The van der Waals surface area contributed by atoms with Gasteiger partial charge in [-0.2, -0.15) is 4.37 Å². The fourth-order valence-corrected chi connectivity index (χ4v) is 4.43. The highest BCUT2D eigenvalue weighted by atomic mass is 32.1. The highest BCUT2D eigenvalue weighted by molar-refractivity contribution is 7.09. The van der Waals surface area contributed by atoms with Crippen molar-refractivity contribution in [1.29, 1.82) is 0 Å². The number of hydrogen-bond acceptors (Lipinski definition) is 8. The maximum atomic E-state index is 14.0. The lowest BCUT2D eigenvalue weighted by molar-refractivity contribution is -0.0980.